The Labute approximate surface area is 114 Å². The highest BCUT2D eigenvalue weighted by Crippen LogP contribution is 2.20. The maximum absolute atomic E-state index is 5.94. The predicted molar refractivity (Wildman–Crippen MR) is 79.2 cm³/mol. The van der Waals surface area contributed by atoms with Gasteiger partial charge in [0, 0.05) is 18.1 Å². The first-order valence-corrected chi connectivity index (χ1v) is 6.68. The van der Waals surface area contributed by atoms with Crippen LogP contribution in [0.5, 0.6) is 0 Å². The molecule has 0 aliphatic rings. The molecule has 0 unspecified atom stereocenters. The molecule has 0 radical (unpaired) electrons. The van der Waals surface area contributed by atoms with E-state index in [1.54, 1.807) is 0 Å². The minimum absolute atomic E-state index is 0.538. The number of benzene rings is 2. The predicted octanol–water partition coefficient (Wildman–Crippen LogP) is 4.65. The molecule has 2 rings (SSSR count). The number of hydrogen-bond donors (Lipinski definition) is 1. The molecule has 94 valence electrons. The molecule has 1 N–H and O–H groups in total. The summed E-state index contributed by atoms with van der Waals surface area (Å²) in [6.45, 7) is 5.14. The molecule has 2 heteroatoms. The number of alkyl halides is 1. The number of para-hydroxylation sites is 1. The Balaban J connectivity index is 2.16. The van der Waals surface area contributed by atoms with Gasteiger partial charge in [-0.2, -0.15) is 0 Å². The summed E-state index contributed by atoms with van der Waals surface area (Å²) in [5.74, 6) is 0.538. The van der Waals surface area contributed by atoms with Crippen molar-refractivity contribution in [3.8, 4) is 0 Å². The molecule has 0 aliphatic heterocycles. The molecular weight excluding hydrogens is 242 g/mol. The standard InChI is InChI=1S/C16H18ClN/c1-12-6-5-7-13(2)15(12)11-18-16-9-4-3-8-14(16)10-17/h3-9,18H,10-11H2,1-2H3. The van der Waals surface area contributed by atoms with Crippen molar-refractivity contribution in [3.05, 3.63) is 64.7 Å². The lowest BCUT2D eigenvalue weighted by atomic mass is 10.0. The van der Waals surface area contributed by atoms with Gasteiger partial charge in [0.1, 0.15) is 0 Å². The van der Waals surface area contributed by atoms with E-state index in [4.69, 9.17) is 11.6 Å². The van der Waals surface area contributed by atoms with Crippen LogP contribution in [0, 0.1) is 13.8 Å². The maximum atomic E-state index is 5.94. The normalized spacial score (nSPS) is 10.4. The van der Waals surface area contributed by atoms with Crippen LogP contribution in [0.25, 0.3) is 0 Å². The van der Waals surface area contributed by atoms with Gasteiger partial charge in [-0.3, -0.25) is 0 Å². The molecule has 0 saturated carbocycles. The zero-order valence-corrected chi connectivity index (χ0v) is 11.6. The van der Waals surface area contributed by atoms with Crippen LogP contribution < -0.4 is 5.32 Å². The summed E-state index contributed by atoms with van der Waals surface area (Å²) in [7, 11) is 0. The fourth-order valence-electron chi connectivity index (χ4n) is 2.12. The van der Waals surface area contributed by atoms with Crippen LogP contribution in [-0.4, -0.2) is 0 Å². The van der Waals surface area contributed by atoms with Gasteiger partial charge in [-0.05, 0) is 42.2 Å². The third-order valence-corrected chi connectivity index (χ3v) is 3.55. The average molecular weight is 260 g/mol. The van der Waals surface area contributed by atoms with Gasteiger partial charge < -0.3 is 5.32 Å². The first-order valence-electron chi connectivity index (χ1n) is 6.15. The number of hydrogen-bond acceptors (Lipinski definition) is 1. The highest BCUT2D eigenvalue weighted by atomic mass is 35.5. The van der Waals surface area contributed by atoms with Crippen molar-refractivity contribution in [2.24, 2.45) is 0 Å². The fourth-order valence-corrected chi connectivity index (χ4v) is 2.35. The highest BCUT2D eigenvalue weighted by Gasteiger charge is 2.04. The number of nitrogens with one attached hydrogen (secondary N) is 1. The number of halogens is 1. The van der Waals surface area contributed by atoms with Gasteiger partial charge in [0.05, 0.1) is 0 Å². The van der Waals surface area contributed by atoms with Crippen molar-refractivity contribution in [1.29, 1.82) is 0 Å². The fraction of sp³-hybridized carbons (Fsp3) is 0.250. The molecule has 0 amide bonds. The topological polar surface area (TPSA) is 12.0 Å². The smallest absolute Gasteiger partial charge is 0.0494 e. The van der Waals surface area contributed by atoms with Crippen LogP contribution in [0.15, 0.2) is 42.5 Å². The van der Waals surface area contributed by atoms with E-state index in [1.807, 2.05) is 12.1 Å². The van der Waals surface area contributed by atoms with E-state index in [0.29, 0.717) is 5.88 Å². The van der Waals surface area contributed by atoms with E-state index in [2.05, 4.69) is 49.5 Å². The average Bonchev–Trinajstić information content (AvgIpc) is 2.38. The van der Waals surface area contributed by atoms with E-state index in [0.717, 1.165) is 17.8 Å². The number of aryl methyl sites for hydroxylation is 2. The van der Waals surface area contributed by atoms with Gasteiger partial charge in [-0.15, -0.1) is 11.6 Å². The summed E-state index contributed by atoms with van der Waals surface area (Å²) >= 11 is 5.94. The lowest BCUT2D eigenvalue weighted by molar-refractivity contribution is 1.08. The van der Waals surface area contributed by atoms with Crippen molar-refractivity contribution in [3.63, 3.8) is 0 Å². The van der Waals surface area contributed by atoms with Crippen molar-refractivity contribution >= 4 is 17.3 Å². The van der Waals surface area contributed by atoms with E-state index >= 15 is 0 Å². The highest BCUT2D eigenvalue weighted by molar-refractivity contribution is 6.17. The van der Waals surface area contributed by atoms with Crippen molar-refractivity contribution in [2.75, 3.05) is 5.32 Å². The molecule has 0 atom stereocenters. The molecule has 0 aromatic heterocycles. The molecule has 2 aromatic carbocycles. The van der Waals surface area contributed by atoms with E-state index in [9.17, 15) is 0 Å². The van der Waals surface area contributed by atoms with Gasteiger partial charge >= 0.3 is 0 Å². The monoisotopic (exact) mass is 259 g/mol. The summed E-state index contributed by atoms with van der Waals surface area (Å²) in [6.07, 6.45) is 0. The second-order valence-electron chi connectivity index (χ2n) is 4.51. The first kappa shape index (κ1) is 13.0. The van der Waals surface area contributed by atoms with Gasteiger partial charge in [0.15, 0.2) is 0 Å². The van der Waals surface area contributed by atoms with Gasteiger partial charge in [-0.25, -0.2) is 0 Å². The van der Waals surface area contributed by atoms with E-state index in [-0.39, 0.29) is 0 Å². The van der Waals surface area contributed by atoms with Crippen molar-refractivity contribution in [2.45, 2.75) is 26.3 Å². The minimum Gasteiger partial charge on any atom is -0.381 e. The van der Waals surface area contributed by atoms with E-state index < -0.39 is 0 Å². The van der Waals surface area contributed by atoms with Crippen LogP contribution >= 0.6 is 11.6 Å². The third-order valence-electron chi connectivity index (χ3n) is 3.26. The lowest BCUT2D eigenvalue weighted by Gasteiger charge is -2.14. The third kappa shape index (κ3) is 2.85. The summed E-state index contributed by atoms with van der Waals surface area (Å²) in [5, 5.41) is 3.48. The Kier molecular flexibility index (Phi) is 4.27. The molecule has 0 aliphatic carbocycles. The molecule has 0 saturated heterocycles. The summed E-state index contributed by atoms with van der Waals surface area (Å²) < 4.78 is 0. The van der Waals surface area contributed by atoms with Crippen LogP contribution in [0.3, 0.4) is 0 Å². The molecule has 0 fully saturated rings. The second-order valence-corrected chi connectivity index (χ2v) is 4.78. The van der Waals surface area contributed by atoms with Crippen LogP contribution in [0.1, 0.15) is 22.3 Å². The Hall–Kier alpha value is -1.47. The first-order chi connectivity index (χ1) is 8.72. The maximum Gasteiger partial charge on any atom is 0.0494 e. The zero-order valence-electron chi connectivity index (χ0n) is 10.8. The molecule has 0 spiro atoms. The number of anilines is 1. The van der Waals surface area contributed by atoms with Crippen LogP contribution in [0.4, 0.5) is 5.69 Å². The lowest BCUT2D eigenvalue weighted by Crippen LogP contribution is -2.05. The minimum atomic E-state index is 0.538. The molecule has 1 nitrogen and oxygen atoms in total. The largest absolute Gasteiger partial charge is 0.381 e. The van der Waals surface area contributed by atoms with Gasteiger partial charge in [0.2, 0.25) is 0 Å². The Morgan fingerprint density at radius 3 is 2.28 bits per heavy atom. The zero-order chi connectivity index (χ0) is 13.0. The Morgan fingerprint density at radius 2 is 1.61 bits per heavy atom. The molecule has 18 heavy (non-hydrogen) atoms. The van der Waals surface area contributed by atoms with Gasteiger partial charge in [-0.1, -0.05) is 36.4 Å². The number of rotatable bonds is 4. The molecule has 0 heterocycles. The van der Waals surface area contributed by atoms with Crippen molar-refractivity contribution in [1.82, 2.24) is 0 Å². The van der Waals surface area contributed by atoms with Crippen LogP contribution in [0.2, 0.25) is 0 Å². The Bertz CT molecular complexity index is 514. The Morgan fingerprint density at radius 1 is 0.944 bits per heavy atom. The molecular formula is C16H18ClN. The summed E-state index contributed by atoms with van der Waals surface area (Å²) in [6, 6.07) is 14.6. The van der Waals surface area contributed by atoms with Gasteiger partial charge in [0.25, 0.3) is 0 Å². The summed E-state index contributed by atoms with van der Waals surface area (Å²) in [5.41, 5.74) is 6.28. The van der Waals surface area contributed by atoms with Crippen molar-refractivity contribution < 1.29 is 0 Å². The van der Waals surface area contributed by atoms with Crippen LogP contribution in [-0.2, 0) is 12.4 Å². The SMILES string of the molecule is Cc1cccc(C)c1CNc1ccccc1CCl. The quantitative estimate of drug-likeness (QED) is 0.788. The molecule has 0 bridgehead atoms. The molecule has 2 aromatic rings. The summed E-state index contributed by atoms with van der Waals surface area (Å²) in [4.78, 5) is 0. The second kappa shape index (κ2) is 5.92. The van der Waals surface area contributed by atoms with E-state index in [1.165, 1.54) is 16.7 Å².